The van der Waals surface area contributed by atoms with Gasteiger partial charge in [0.05, 0.1) is 11.6 Å². The van der Waals surface area contributed by atoms with Crippen LogP contribution in [0, 0.1) is 0 Å². The zero-order valence-electron chi connectivity index (χ0n) is 16.7. The number of fused-ring (bicyclic) bond motifs is 1. The number of amides is 1. The second kappa shape index (κ2) is 8.54. The first-order valence-electron chi connectivity index (χ1n) is 10.1. The zero-order valence-corrected chi connectivity index (χ0v) is 17.5. The van der Waals surface area contributed by atoms with E-state index in [1.165, 1.54) is 16.7 Å². The molecule has 0 fully saturated rings. The third kappa shape index (κ3) is 3.98. The van der Waals surface area contributed by atoms with Crippen molar-refractivity contribution in [1.29, 1.82) is 0 Å². The van der Waals surface area contributed by atoms with Crippen molar-refractivity contribution in [2.75, 3.05) is 5.32 Å². The molecule has 1 N–H and O–H groups in total. The predicted octanol–water partition coefficient (Wildman–Crippen LogP) is 6.73. The molecule has 5 aromatic rings. The number of rotatable bonds is 5. The zero-order chi connectivity index (χ0) is 21.0. The lowest BCUT2D eigenvalue weighted by Crippen LogP contribution is -2.22. The molecule has 4 heteroatoms. The average Bonchev–Trinajstić information content (AvgIpc) is 3.28. The Kier molecular flexibility index (Phi) is 5.29. The molecule has 1 aromatic heterocycles. The second-order valence-corrected chi connectivity index (χ2v) is 8.17. The van der Waals surface area contributed by atoms with Crippen LogP contribution in [0.15, 0.2) is 109 Å². The Morgan fingerprint density at radius 3 is 2.06 bits per heavy atom. The number of aromatic nitrogens is 1. The van der Waals surface area contributed by atoms with Crippen LogP contribution < -0.4 is 5.32 Å². The summed E-state index contributed by atoms with van der Waals surface area (Å²) in [6.07, 6.45) is 0. The highest BCUT2D eigenvalue weighted by atomic mass is 32.1. The van der Waals surface area contributed by atoms with Gasteiger partial charge in [-0.25, -0.2) is 4.98 Å². The first kappa shape index (κ1) is 19.2. The smallest absolute Gasteiger partial charge is 0.238 e. The molecule has 0 spiro atoms. The summed E-state index contributed by atoms with van der Waals surface area (Å²) in [4.78, 5) is 18.1. The van der Waals surface area contributed by atoms with Crippen molar-refractivity contribution in [3.8, 4) is 11.3 Å². The highest BCUT2D eigenvalue weighted by Gasteiger charge is 2.23. The van der Waals surface area contributed by atoms with Gasteiger partial charge in [-0.2, -0.15) is 0 Å². The van der Waals surface area contributed by atoms with Crippen molar-refractivity contribution in [1.82, 2.24) is 4.98 Å². The molecule has 1 amide bonds. The molecular weight excluding hydrogens is 400 g/mol. The minimum Gasteiger partial charge on any atom is -0.301 e. The summed E-state index contributed by atoms with van der Waals surface area (Å²) in [5, 5.41) is 7.97. The molecule has 0 aliphatic carbocycles. The highest BCUT2D eigenvalue weighted by molar-refractivity contribution is 7.14. The van der Waals surface area contributed by atoms with Gasteiger partial charge in [-0.3, -0.25) is 4.79 Å². The fourth-order valence-electron chi connectivity index (χ4n) is 3.87. The molecule has 0 unspecified atom stereocenters. The van der Waals surface area contributed by atoms with Crippen molar-refractivity contribution < 1.29 is 4.79 Å². The number of carbonyl (C=O) groups is 1. The number of thiazole rings is 1. The van der Waals surface area contributed by atoms with E-state index in [-0.39, 0.29) is 5.91 Å². The number of hydrogen-bond acceptors (Lipinski definition) is 3. The Morgan fingerprint density at radius 2 is 1.35 bits per heavy atom. The van der Waals surface area contributed by atoms with Crippen LogP contribution in [0.25, 0.3) is 22.0 Å². The van der Waals surface area contributed by atoms with Gasteiger partial charge in [-0.05, 0) is 21.9 Å². The molecule has 4 aromatic carbocycles. The van der Waals surface area contributed by atoms with Crippen molar-refractivity contribution >= 4 is 33.1 Å². The molecule has 3 nitrogen and oxygen atoms in total. The van der Waals surface area contributed by atoms with Gasteiger partial charge in [0, 0.05) is 10.9 Å². The lowest BCUT2D eigenvalue weighted by molar-refractivity contribution is -0.116. The number of nitrogens with one attached hydrogen (secondary N) is 1. The van der Waals surface area contributed by atoms with Crippen LogP contribution >= 0.6 is 11.3 Å². The maximum Gasteiger partial charge on any atom is 0.238 e. The molecule has 0 aliphatic heterocycles. The molecule has 0 saturated carbocycles. The van der Waals surface area contributed by atoms with Gasteiger partial charge in [0.25, 0.3) is 0 Å². The molecule has 0 aliphatic rings. The van der Waals surface area contributed by atoms with Crippen LogP contribution in [0.5, 0.6) is 0 Å². The van der Waals surface area contributed by atoms with Crippen molar-refractivity contribution in [2.24, 2.45) is 0 Å². The minimum absolute atomic E-state index is 0.0868. The number of nitrogens with zero attached hydrogens (tertiary/aromatic N) is 1. The van der Waals surface area contributed by atoms with Crippen molar-refractivity contribution in [3.05, 3.63) is 120 Å². The van der Waals surface area contributed by atoms with E-state index >= 15 is 0 Å². The molecule has 5 rings (SSSR count). The monoisotopic (exact) mass is 420 g/mol. The van der Waals surface area contributed by atoms with E-state index in [0.717, 1.165) is 27.8 Å². The number of carbonyl (C=O) groups excluding carboxylic acids is 1. The molecule has 0 radical (unpaired) electrons. The maximum atomic E-state index is 13.3. The van der Waals surface area contributed by atoms with Gasteiger partial charge in [-0.1, -0.05) is 103 Å². The topological polar surface area (TPSA) is 42.0 Å². The van der Waals surface area contributed by atoms with Crippen LogP contribution in [0.3, 0.4) is 0 Å². The lowest BCUT2D eigenvalue weighted by Gasteiger charge is -2.17. The van der Waals surface area contributed by atoms with Gasteiger partial charge in [-0.15, -0.1) is 11.3 Å². The van der Waals surface area contributed by atoms with E-state index < -0.39 is 5.92 Å². The van der Waals surface area contributed by atoms with Gasteiger partial charge >= 0.3 is 0 Å². The molecule has 0 bridgehead atoms. The van der Waals surface area contributed by atoms with Gasteiger partial charge in [0.15, 0.2) is 5.13 Å². The van der Waals surface area contributed by atoms with E-state index in [9.17, 15) is 4.79 Å². The largest absolute Gasteiger partial charge is 0.301 e. The standard InChI is InChI=1S/C27H20N2OS/c30-26(25(20-11-3-1-4-12-20)21-13-5-2-6-14-21)29-27-28-24(18-31-27)23-17-9-15-19-10-7-8-16-22(19)23/h1-18,25H,(H,28,29,30). The molecule has 31 heavy (non-hydrogen) atoms. The van der Waals surface area contributed by atoms with E-state index in [2.05, 4.69) is 29.6 Å². The number of anilines is 1. The Bertz CT molecular complexity index is 1280. The Morgan fingerprint density at radius 1 is 0.742 bits per heavy atom. The summed E-state index contributed by atoms with van der Waals surface area (Å²) in [6, 6.07) is 34.2. The van der Waals surface area contributed by atoms with E-state index in [0.29, 0.717) is 5.13 Å². The number of benzene rings is 4. The third-order valence-electron chi connectivity index (χ3n) is 5.33. The third-order valence-corrected chi connectivity index (χ3v) is 6.09. The molecular formula is C27H20N2OS. The first-order chi connectivity index (χ1) is 15.3. The van der Waals surface area contributed by atoms with Crippen LogP contribution in [0.2, 0.25) is 0 Å². The number of hydrogen-bond donors (Lipinski definition) is 1. The summed E-state index contributed by atoms with van der Waals surface area (Å²) in [5.74, 6) is -0.483. The average molecular weight is 421 g/mol. The van der Waals surface area contributed by atoms with Crippen LogP contribution in [-0.4, -0.2) is 10.9 Å². The van der Waals surface area contributed by atoms with Gasteiger partial charge in [0.1, 0.15) is 0 Å². The van der Waals surface area contributed by atoms with Crippen LogP contribution in [-0.2, 0) is 4.79 Å². The fraction of sp³-hybridized carbons (Fsp3) is 0.0370. The second-order valence-electron chi connectivity index (χ2n) is 7.31. The molecule has 0 saturated heterocycles. The summed E-state index contributed by atoms with van der Waals surface area (Å²) in [5.41, 5.74) is 3.85. The lowest BCUT2D eigenvalue weighted by atomic mass is 9.90. The summed E-state index contributed by atoms with van der Waals surface area (Å²) >= 11 is 1.45. The van der Waals surface area contributed by atoms with E-state index in [1.54, 1.807) is 0 Å². The van der Waals surface area contributed by atoms with Crippen molar-refractivity contribution in [2.45, 2.75) is 5.92 Å². The van der Waals surface area contributed by atoms with E-state index in [1.807, 2.05) is 84.2 Å². The predicted molar refractivity (Wildman–Crippen MR) is 128 cm³/mol. The Labute approximate surface area is 185 Å². The van der Waals surface area contributed by atoms with Crippen LogP contribution in [0.1, 0.15) is 17.0 Å². The Balaban J connectivity index is 1.45. The summed E-state index contributed by atoms with van der Waals surface area (Å²) in [6.45, 7) is 0. The highest BCUT2D eigenvalue weighted by Crippen LogP contribution is 2.32. The van der Waals surface area contributed by atoms with Crippen molar-refractivity contribution in [3.63, 3.8) is 0 Å². The molecule has 1 heterocycles. The quantitative estimate of drug-likeness (QED) is 0.342. The van der Waals surface area contributed by atoms with E-state index in [4.69, 9.17) is 4.98 Å². The SMILES string of the molecule is O=C(Nc1nc(-c2cccc3ccccc23)cs1)C(c1ccccc1)c1ccccc1. The molecule has 150 valence electrons. The maximum absolute atomic E-state index is 13.3. The van der Waals surface area contributed by atoms with Crippen LogP contribution in [0.4, 0.5) is 5.13 Å². The normalized spacial score (nSPS) is 11.0. The van der Waals surface area contributed by atoms with Gasteiger partial charge in [0.2, 0.25) is 5.91 Å². The Hall–Kier alpha value is -3.76. The van der Waals surface area contributed by atoms with Gasteiger partial charge < -0.3 is 5.32 Å². The first-order valence-corrected chi connectivity index (χ1v) is 11.0. The molecule has 0 atom stereocenters. The fourth-order valence-corrected chi connectivity index (χ4v) is 4.58. The summed E-state index contributed by atoms with van der Waals surface area (Å²) < 4.78 is 0. The summed E-state index contributed by atoms with van der Waals surface area (Å²) in [7, 11) is 0. The minimum atomic E-state index is -0.396.